The van der Waals surface area contributed by atoms with Crippen molar-refractivity contribution in [1.29, 1.82) is 0 Å². The molecule has 36 heavy (non-hydrogen) atoms. The number of hydrogen-bond donors (Lipinski definition) is 1. The minimum atomic E-state index is -0.611. The van der Waals surface area contributed by atoms with E-state index >= 15 is 0 Å². The minimum absolute atomic E-state index is 0.113. The van der Waals surface area contributed by atoms with Crippen LogP contribution in [0.25, 0.3) is 11.3 Å². The molecule has 190 valence electrons. The summed E-state index contributed by atoms with van der Waals surface area (Å²) in [5, 5.41) is 7.33. The Morgan fingerprint density at radius 3 is 2.47 bits per heavy atom. The number of aromatic nitrogens is 3. The second-order valence-electron chi connectivity index (χ2n) is 10.9. The Hall–Kier alpha value is -3.62. The van der Waals surface area contributed by atoms with E-state index in [4.69, 9.17) is 9.84 Å². The first-order valence-corrected chi connectivity index (χ1v) is 12.5. The number of rotatable bonds is 4. The summed E-state index contributed by atoms with van der Waals surface area (Å²) in [6, 6.07) is 6.83. The number of hydrogen-bond acceptors (Lipinski definition) is 5. The van der Waals surface area contributed by atoms with Crippen LogP contribution in [0.3, 0.4) is 0 Å². The van der Waals surface area contributed by atoms with Crippen molar-refractivity contribution in [2.75, 3.05) is 7.05 Å². The molecule has 0 saturated heterocycles. The Balaban J connectivity index is 1.65. The van der Waals surface area contributed by atoms with E-state index in [1.807, 2.05) is 38.4 Å². The first kappa shape index (κ1) is 24.1. The standard InChI is InChI=1S/C27H33N5O4/c1-16-12-21-22(15-30(16)26(35)36-27(2,3)4)32-24(19(14-29-32)13-17-6-7-17)31(25(21)34)20-10-8-18(9-11-20)23(33)28-5/h8-11,14,16-17H,6-7,12-13,15H2,1-5H3,(H,28,33). The first-order valence-electron chi connectivity index (χ1n) is 12.5. The number of amides is 2. The highest BCUT2D eigenvalue weighted by Crippen LogP contribution is 2.34. The van der Waals surface area contributed by atoms with Gasteiger partial charge in [-0.05, 0) is 77.1 Å². The highest BCUT2D eigenvalue weighted by Gasteiger charge is 2.35. The molecule has 2 aromatic heterocycles. The molecule has 1 unspecified atom stereocenters. The lowest BCUT2D eigenvalue weighted by molar-refractivity contribution is 0.0131. The Bertz CT molecular complexity index is 1390. The van der Waals surface area contributed by atoms with Gasteiger partial charge in [-0.25, -0.2) is 9.31 Å². The zero-order chi connectivity index (χ0) is 25.8. The average molecular weight is 492 g/mol. The second kappa shape index (κ2) is 8.80. The molecule has 2 aliphatic rings. The van der Waals surface area contributed by atoms with Crippen LogP contribution in [0.5, 0.6) is 0 Å². The largest absolute Gasteiger partial charge is 0.444 e. The van der Waals surface area contributed by atoms with Crippen LogP contribution >= 0.6 is 0 Å². The van der Waals surface area contributed by atoms with Crippen LogP contribution < -0.4 is 10.9 Å². The van der Waals surface area contributed by atoms with Crippen LogP contribution in [0.15, 0.2) is 35.3 Å². The molecule has 1 aliphatic carbocycles. The predicted octanol–water partition coefficient (Wildman–Crippen LogP) is 3.48. The van der Waals surface area contributed by atoms with Crippen molar-refractivity contribution in [2.24, 2.45) is 5.92 Å². The van der Waals surface area contributed by atoms with Crippen LogP contribution in [0.2, 0.25) is 0 Å². The first-order chi connectivity index (χ1) is 17.1. The Morgan fingerprint density at radius 1 is 1.17 bits per heavy atom. The minimum Gasteiger partial charge on any atom is -0.444 e. The molecular formula is C27H33N5O4. The van der Waals surface area contributed by atoms with Crippen molar-refractivity contribution in [3.8, 4) is 5.69 Å². The van der Waals surface area contributed by atoms with Gasteiger partial charge in [-0.1, -0.05) is 0 Å². The quantitative estimate of drug-likeness (QED) is 0.603. The Labute approximate surface area is 210 Å². The normalized spacial score (nSPS) is 17.7. The monoisotopic (exact) mass is 491 g/mol. The molecule has 3 aromatic rings. The summed E-state index contributed by atoms with van der Waals surface area (Å²) < 4.78 is 9.18. The van der Waals surface area contributed by atoms with E-state index in [0.717, 1.165) is 23.3 Å². The highest BCUT2D eigenvalue weighted by atomic mass is 16.6. The summed E-state index contributed by atoms with van der Waals surface area (Å²) >= 11 is 0. The lowest BCUT2D eigenvalue weighted by Crippen LogP contribution is -2.48. The van der Waals surface area contributed by atoms with Crippen LogP contribution in [0.1, 0.15) is 67.7 Å². The molecule has 1 atom stereocenters. The lowest BCUT2D eigenvalue weighted by Gasteiger charge is -2.36. The van der Waals surface area contributed by atoms with E-state index in [-0.39, 0.29) is 24.1 Å². The van der Waals surface area contributed by atoms with Gasteiger partial charge in [0.2, 0.25) is 0 Å². The number of carbonyl (C=O) groups excluding carboxylic acids is 2. The van der Waals surface area contributed by atoms with Crippen LogP contribution in [-0.2, 0) is 24.1 Å². The van der Waals surface area contributed by atoms with Crippen LogP contribution in [0, 0.1) is 5.92 Å². The van der Waals surface area contributed by atoms with Gasteiger partial charge in [0.15, 0.2) is 0 Å². The maximum atomic E-state index is 14.0. The molecule has 9 heteroatoms. The molecule has 5 rings (SSSR count). The molecule has 1 N–H and O–H groups in total. The zero-order valence-corrected chi connectivity index (χ0v) is 21.5. The van der Waals surface area contributed by atoms with E-state index < -0.39 is 11.7 Å². The maximum Gasteiger partial charge on any atom is 0.410 e. The van der Waals surface area contributed by atoms with Gasteiger partial charge in [0.05, 0.1) is 24.1 Å². The molecule has 1 fully saturated rings. The number of carbonyl (C=O) groups is 2. The summed E-state index contributed by atoms with van der Waals surface area (Å²) in [4.78, 5) is 40.7. The van der Waals surface area contributed by atoms with Crippen molar-refractivity contribution >= 4 is 17.6 Å². The van der Waals surface area contributed by atoms with Gasteiger partial charge in [0.1, 0.15) is 11.2 Å². The van der Waals surface area contributed by atoms with Crippen molar-refractivity contribution in [3.63, 3.8) is 0 Å². The Kier molecular flexibility index (Phi) is 5.89. The number of nitrogens with zero attached hydrogens (tertiary/aromatic N) is 4. The molecule has 3 heterocycles. The number of fused-ring (bicyclic) bond motifs is 3. The molecule has 1 aromatic carbocycles. The topological polar surface area (TPSA) is 97.9 Å². The smallest absolute Gasteiger partial charge is 0.410 e. The molecule has 0 radical (unpaired) electrons. The summed E-state index contributed by atoms with van der Waals surface area (Å²) in [6.07, 6.45) is 5.06. The Morgan fingerprint density at radius 2 is 1.86 bits per heavy atom. The van der Waals surface area contributed by atoms with Gasteiger partial charge in [-0.2, -0.15) is 5.10 Å². The van der Waals surface area contributed by atoms with Crippen molar-refractivity contribution < 1.29 is 14.3 Å². The number of nitrogens with one attached hydrogen (secondary N) is 1. The van der Waals surface area contributed by atoms with Crippen LogP contribution in [-0.4, -0.2) is 49.8 Å². The molecular weight excluding hydrogens is 458 g/mol. The van der Waals surface area contributed by atoms with E-state index in [1.54, 1.807) is 40.8 Å². The number of ether oxygens (including phenoxy) is 1. The van der Waals surface area contributed by atoms with Crippen molar-refractivity contribution in [2.45, 2.75) is 71.6 Å². The zero-order valence-electron chi connectivity index (χ0n) is 21.5. The summed E-state index contributed by atoms with van der Waals surface area (Å²) in [6.45, 7) is 7.71. The van der Waals surface area contributed by atoms with Gasteiger partial charge in [-0.3, -0.25) is 19.1 Å². The van der Waals surface area contributed by atoms with Gasteiger partial charge < -0.3 is 10.1 Å². The van der Waals surface area contributed by atoms with Gasteiger partial charge >= 0.3 is 6.09 Å². The highest BCUT2D eigenvalue weighted by molar-refractivity contribution is 5.94. The van der Waals surface area contributed by atoms with Crippen LogP contribution in [0.4, 0.5) is 4.79 Å². The van der Waals surface area contributed by atoms with E-state index in [2.05, 4.69) is 5.32 Å². The summed E-state index contributed by atoms with van der Waals surface area (Å²) in [5.74, 6) is 0.422. The second-order valence-corrected chi connectivity index (χ2v) is 10.9. The summed E-state index contributed by atoms with van der Waals surface area (Å²) in [7, 11) is 1.59. The van der Waals surface area contributed by atoms with E-state index in [0.29, 0.717) is 29.2 Å². The third-order valence-electron chi connectivity index (χ3n) is 6.89. The predicted molar refractivity (Wildman–Crippen MR) is 136 cm³/mol. The number of benzene rings is 1. The fraction of sp³-hybridized carbons (Fsp3) is 0.481. The lowest BCUT2D eigenvalue weighted by atomic mass is 9.99. The fourth-order valence-electron chi connectivity index (χ4n) is 4.87. The van der Waals surface area contributed by atoms with Gasteiger partial charge in [0.25, 0.3) is 11.5 Å². The average Bonchev–Trinajstić information content (AvgIpc) is 3.56. The van der Waals surface area contributed by atoms with E-state index in [9.17, 15) is 14.4 Å². The van der Waals surface area contributed by atoms with Crippen molar-refractivity contribution in [1.82, 2.24) is 24.4 Å². The van der Waals surface area contributed by atoms with E-state index in [1.165, 1.54) is 12.8 Å². The molecule has 0 bridgehead atoms. The molecule has 2 amide bonds. The molecule has 9 nitrogen and oxygen atoms in total. The molecule has 0 spiro atoms. The summed E-state index contributed by atoms with van der Waals surface area (Å²) in [5.41, 5.74) is 3.58. The maximum absolute atomic E-state index is 14.0. The van der Waals surface area contributed by atoms with Gasteiger partial charge in [0, 0.05) is 36.2 Å². The SMILES string of the molecule is CNC(=O)c1ccc(-n2c(=O)c3c(n4ncc(CC5CC5)c24)CN(C(=O)OC(C)(C)C)C(C)C3)cc1. The van der Waals surface area contributed by atoms with Crippen molar-refractivity contribution in [3.05, 3.63) is 63.2 Å². The fourth-order valence-corrected chi connectivity index (χ4v) is 4.87. The molecule has 1 saturated carbocycles. The molecule has 1 aliphatic heterocycles. The third-order valence-corrected chi connectivity index (χ3v) is 6.89. The van der Waals surface area contributed by atoms with Gasteiger partial charge in [-0.15, -0.1) is 0 Å². The third kappa shape index (κ3) is 4.38.